The molecule has 0 spiro atoms. The lowest BCUT2D eigenvalue weighted by Gasteiger charge is -2.30. The molecule has 0 aliphatic rings. The summed E-state index contributed by atoms with van der Waals surface area (Å²) in [6.45, 7) is 9.37. The fourth-order valence-corrected chi connectivity index (χ4v) is 4.97. The molecule has 0 bridgehead atoms. The van der Waals surface area contributed by atoms with Crippen LogP contribution in [0.3, 0.4) is 0 Å². The number of rotatable bonds is 11. The summed E-state index contributed by atoms with van der Waals surface area (Å²) in [7, 11) is -2.48. The quantitative estimate of drug-likeness (QED) is 0.269. The van der Waals surface area contributed by atoms with Crippen molar-refractivity contribution in [2.45, 2.75) is 64.9 Å². The Kier molecular flexibility index (Phi) is 10.6. The topological polar surface area (TPSA) is 27.7 Å². The molecule has 3 nitrogen and oxygen atoms in total. The molecule has 0 aromatic rings. The van der Waals surface area contributed by atoms with Gasteiger partial charge in [0.25, 0.3) is 0 Å². The molecule has 0 aliphatic heterocycles. The molecule has 0 amide bonds. The van der Waals surface area contributed by atoms with E-state index in [9.17, 15) is 0 Å². The van der Waals surface area contributed by atoms with Crippen molar-refractivity contribution in [1.82, 2.24) is 0 Å². The predicted molar refractivity (Wildman–Crippen MR) is 77.5 cm³/mol. The van der Waals surface area contributed by atoms with Gasteiger partial charge in [-0.15, -0.1) is 12.6 Å². The van der Waals surface area contributed by atoms with Crippen LogP contribution in [0, 0.1) is 0 Å². The van der Waals surface area contributed by atoms with Gasteiger partial charge in [-0.25, -0.2) is 0 Å². The van der Waals surface area contributed by atoms with E-state index in [1.54, 1.807) is 0 Å². The summed E-state index contributed by atoms with van der Waals surface area (Å²) in [4.78, 5) is 0. The van der Waals surface area contributed by atoms with E-state index >= 15 is 0 Å². The highest BCUT2D eigenvalue weighted by Crippen LogP contribution is 2.22. The van der Waals surface area contributed by atoms with E-state index in [-0.39, 0.29) is 5.44 Å². The van der Waals surface area contributed by atoms with E-state index in [0.717, 1.165) is 12.5 Å². The third-order valence-electron chi connectivity index (χ3n) is 2.42. The van der Waals surface area contributed by atoms with Crippen molar-refractivity contribution < 1.29 is 13.3 Å². The van der Waals surface area contributed by atoms with Gasteiger partial charge in [-0.1, -0.05) is 26.2 Å². The molecule has 0 radical (unpaired) electrons. The fourth-order valence-electron chi connectivity index (χ4n) is 1.78. The van der Waals surface area contributed by atoms with E-state index in [1.807, 2.05) is 20.8 Å². The SMILES string of the molecule is CCCCCC[Si](OCC)(OCC)OC(C)S. The van der Waals surface area contributed by atoms with Crippen LogP contribution in [0.1, 0.15) is 53.4 Å². The van der Waals surface area contributed by atoms with E-state index < -0.39 is 8.80 Å². The normalized spacial score (nSPS) is 13.9. The molecule has 0 aliphatic carbocycles. The van der Waals surface area contributed by atoms with Crippen LogP contribution in [-0.2, 0) is 13.3 Å². The van der Waals surface area contributed by atoms with Crippen molar-refractivity contribution in [3.63, 3.8) is 0 Å². The zero-order chi connectivity index (χ0) is 13.1. The van der Waals surface area contributed by atoms with E-state index in [4.69, 9.17) is 13.3 Å². The molecule has 0 heterocycles. The van der Waals surface area contributed by atoms with Gasteiger partial charge in [0.2, 0.25) is 0 Å². The van der Waals surface area contributed by atoms with E-state index in [0.29, 0.717) is 13.2 Å². The fraction of sp³-hybridized carbons (Fsp3) is 1.00. The third kappa shape index (κ3) is 8.21. The van der Waals surface area contributed by atoms with Crippen LogP contribution in [0.25, 0.3) is 0 Å². The first-order chi connectivity index (χ1) is 8.10. The Morgan fingerprint density at radius 3 is 2.00 bits per heavy atom. The lowest BCUT2D eigenvalue weighted by atomic mass is 10.2. The summed E-state index contributed by atoms with van der Waals surface area (Å²) in [6, 6.07) is 0.902. The summed E-state index contributed by atoms with van der Waals surface area (Å²) < 4.78 is 17.5. The van der Waals surface area contributed by atoms with Crippen molar-refractivity contribution in [2.75, 3.05) is 13.2 Å². The molecule has 0 aromatic carbocycles. The average molecular weight is 281 g/mol. The van der Waals surface area contributed by atoms with Gasteiger partial charge in [0.1, 0.15) is 0 Å². The third-order valence-corrected chi connectivity index (χ3v) is 5.85. The van der Waals surface area contributed by atoms with Crippen LogP contribution in [0.5, 0.6) is 0 Å². The highest BCUT2D eigenvalue weighted by atomic mass is 32.1. The molecule has 0 N–H and O–H groups in total. The van der Waals surface area contributed by atoms with Gasteiger partial charge >= 0.3 is 8.80 Å². The molecule has 0 fully saturated rings. The maximum Gasteiger partial charge on any atom is 0.501 e. The second kappa shape index (κ2) is 10.4. The lowest BCUT2D eigenvalue weighted by Crippen LogP contribution is -2.47. The molecule has 0 rings (SSSR count). The van der Waals surface area contributed by atoms with Gasteiger partial charge in [0, 0.05) is 19.3 Å². The summed E-state index contributed by atoms with van der Waals surface area (Å²) in [5.74, 6) is 0. The standard InChI is InChI=1S/C12H28O3SSi/c1-5-8-9-10-11-17(13-6-2,14-7-3)15-12(4)16/h12,16H,5-11H2,1-4H3. The summed E-state index contributed by atoms with van der Waals surface area (Å²) in [5, 5.41) is 0. The maximum absolute atomic E-state index is 5.86. The van der Waals surface area contributed by atoms with Crippen LogP contribution in [-0.4, -0.2) is 27.5 Å². The molecule has 104 valence electrons. The van der Waals surface area contributed by atoms with Gasteiger partial charge in [0.05, 0.1) is 5.44 Å². The van der Waals surface area contributed by atoms with E-state index in [1.165, 1.54) is 19.3 Å². The lowest BCUT2D eigenvalue weighted by molar-refractivity contribution is 0.0626. The molecule has 5 heteroatoms. The average Bonchev–Trinajstić information content (AvgIpc) is 2.24. The predicted octanol–water partition coefficient (Wildman–Crippen LogP) is 3.87. The monoisotopic (exact) mass is 280 g/mol. The Morgan fingerprint density at radius 1 is 1.00 bits per heavy atom. The number of hydrogen-bond acceptors (Lipinski definition) is 4. The zero-order valence-corrected chi connectivity index (χ0v) is 13.6. The molecular weight excluding hydrogens is 252 g/mol. The largest absolute Gasteiger partial charge is 0.501 e. The Bertz CT molecular complexity index is 173. The number of hydrogen-bond donors (Lipinski definition) is 1. The molecule has 0 saturated heterocycles. The molecule has 0 saturated carbocycles. The van der Waals surface area contributed by atoms with Crippen molar-refractivity contribution in [1.29, 1.82) is 0 Å². The highest BCUT2D eigenvalue weighted by molar-refractivity contribution is 7.80. The van der Waals surface area contributed by atoms with Gasteiger partial charge in [-0.2, -0.15) is 0 Å². The van der Waals surface area contributed by atoms with E-state index in [2.05, 4.69) is 19.6 Å². The van der Waals surface area contributed by atoms with Crippen LogP contribution >= 0.6 is 12.6 Å². The Hall–Kier alpha value is 0.447. The second-order valence-electron chi connectivity index (χ2n) is 4.08. The van der Waals surface area contributed by atoms with Crippen LogP contribution < -0.4 is 0 Å². The van der Waals surface area contributed by atoms with Crippen molar-refractivity contribution in [3.8, 4) is 0 Å². The molecule has 1 atom stereocenters. The Morgan fingerprint density at radius 2 is 1.59 bits per heavy atom. The summed E-state index contributed by atoms with van der Waals surface area (Å²) in [5.41, 5.74) is -0.133. The summed E-state index contributed by atoms with van der Waals surface area (Å²) in [6.07, 6.45) is 4.83. The first-order valence-corrected chi connectivity index (χ1v) is 9.18. The van der Waals surface area contributed by atoms with Crippen molar-refractivity contribution in [2.24, 2.45) is 0 Å². The summed E-state index contributed by atoms with van der Waals surface area (Å²) >= 11 is 4.29. The van der Waals surface area contributed by atoms with Gasteiger partial charge in [-0.3, -0.25) is 0 Å². The van der Waals surface area contributed by atoms with Gasteiger partial charge in [-0.05, 0) is 27.2 Å². The first kappa shape index (κ1) is 17.4. The minimum atomic E-state index is -2.48. The van der Waals surface area contributed by atoms with Crippen LogP contribution in [0.4, 0.5) is 0 Å². The molecule has 1 unspecified atom stereocenters. The number of unbranched alkanes of at least 4 members (excludes halogenated alkanes) is 3. The maximum atomic E-state index is 5.86. The first-order valence-electron chi connectivity index (χ1n) is 6.74. The van der Waals surface area contributed by atoms with Crippen LogP contribution in [0.2, 0.25) is 6.04 Å². The molecule has 0 aromatic heterocycles. The molecule has 17 heavy (non-hydrogen) atoms. The smallest absolute Gasteiger partial charge is 0.374 e. The van der Waals surface area contributed by atoms with Crippen molar-refractivity contribution in [3.05, 3.63) is 0 Å². The highest BCUT2D eigenvalue weighted by Gasteiger charge is 2.41. The Balaban J connectivity index is 4.31. The number of thiol groups is 1. The minimum absolute atomic E-state index is 0.133. The Labute approximate surface area is 113 Å². The van der Waals surface area contributed by atoms with Gasteiger partial charge < -0.3 is 13.3 Å². The van der Waals surface area contributed by atoms with Gasteiger partial charge in [0.15, 0.2) is 0 Å². The minimum Gasteiger partial charge on any atom is -0.374 e. The van der Waals surface area contributed by atoms with Crippen molar-refractivity contribution >= 4 is 21.4 Å². The second-order valence-corrected chi connectivity index (χ2v) is 7.48. The van der Waals surface area contributed by atoms with Crippen LogP contribution in [0.15, 0.2) is 0 Å². The molecular formula is C12H28O3SSi. The zero-order valence-electron chi connectivity index (χ0n) is 11.7.